The van der Waals surface area contributed by atoms with Gasteiger partial charge in [0.2, 0.25) is 11.8 Å². The number of piperidine rings is 1. The highest BCUT2D eigenvalue weighted by atomic mass is 19.4. The molecule has 3 atom stereocenters. The van der Waals surface area contributed by atoms with Crippen molar-refractivity contribution in [2.24, 2.45) is 24.8 Å². The van der Waals surface area contributed by atoms with Crippen LogP contribution in [-0.2, 0) is 18.3 Å². The molecule has 1 saturated heterocycles. The molecule has 10 nitrogen and oxygen atoms in total. The normalized spacial score (nSPS) is 23.0. The molecule has 39 heavy (non-hydrogen) atoms. The van der Waals surface area contributed by atoms with Crippen LogP contribution < -0.4 is 10.6 Å². The minimum absolute atomic E-state index is 0.0484. The van der Waals surface area contributed by atoms with Crippen molar-refractivity contribution < 1.29 is 31.5 Å². The summed E-state index contributed by atoms with van der Waals surface area (Å²) >= 11 is 0. The number of imidazole rings is 1. The fourth-order valence-electron chi connectivity index (χ4n) is 5.30. The third kappa shape index (κ3) is 5.86. The molecule has 0 aromatic carbocycles. The van der Waals surface area contributed by atoms with E-state index in [1.807, 2.05) is 0 Å². The Bertz CT molecular complexity index is 1360. The SMILES string of the molecule is Cn1nccc1C(=O)NC(c1cn2nc(CC3CC(C(F)(F)F)CNC3=O)cnc2n1)C1CCC(F)(F)CC1. The van der Waals surface area contributed by atoms with E-state index in [-0.39, 0.29) is 55.9 Å². The third-order valence-corrected chi connectivity index (χ3v) is 7.53. The van der Waals surface area contributed by atoms with Crippen molar-refractivity contribution in [3.05, 3.63) is 41.7 Å². The lowest BCUT2D eigenvalue weighted by Crippen LogP contribution is -2.47. The molecule has 0 bridgehead atoms. The Morgan fingerprint density at radius 1 is 1.28 bits per heavy atom. The van der Waals surface area contributed by atoms with Gasteiger partial charge in [-0.25, -0.2) is 23.3 Å². The van der Waals surface area contributed by atoms with Crippen LogP contribution in [0.25, 0.3) is 5.78 Å². The van der Waals surface area contributed by atoms with Crippen LogP contribution in [0.3, 0.4) is 0 Å². The largest absolute Gasteiger partial charge is 0.393 e. The minimum Gasteiger partial charge on any atom is -0.355 e. The van der Waals surface area contributed by atoms with Crippen molar-refractivity contribution in [1.29, 1.82) is 0 Å². The Hall–Kier alpha value is -3.65. The van der Waals surface area contributed by atoms with Crippen molar-refractivity contribution in [2.75, 3.05) is 6.54 Å². The maximum absolute atomic E-state index is 13.9. The predicted molar refractivity (Wildman–Crippen MR) is 125 cm³/mol. The molecular formula is C24H27F5N8O2. The van der Waals surface area contributed by atoms with Gasteiger partial charge in [0.15, 0.2) is 0 Å². The Morgan fingerprint density at radius 2 is 2.03 bits per heavy atom. The number of alkyl halides is 5. The van der Waals surface area contributed by atoms with Crippen LogP contribution >= 0.6 is 0 Å². The third-order valence-electron chi connectivity index (χ3n) is 7.53. The van der Waals surface area contributed by atoms with Crippen LogP contribution in [0, 0.1) is 17.8 Å². The average Bonchev–Trinajstić information content (AvgIpc) is 3.49. The lowest BCUT2D eigenvalue weighted by atomic mass is 9.81. The highest BCUT2D eigenvalue weighted by Gasteiger charge is 2.45. The molecule has 2 N–H and O–H groups in total. The van der Waals surface area contributed by atoms with Gasteiger partial charge in [0.05, 0.1) is 35.7 Å². The Balaban J connectivity index is 1.39. The van der Waals surface area contributed by atoms with Crippen LogP contribution in [0.5, 0.6) is 0 Å². The van der Waals surface area contributed by atoms with Gasteiger partial charge in [0.1, 0.15) is 5.69 Å². The van der Waals surface area contributed by atoms with E-state index in [0.717, 1.165) is 0 Å². The van der Waals surface area contributed by atoms with Crippen molar-refractivity contribution in [3.63, 3.8) is 0 Å². The van der Waals surface area contributed by atoms with Crippen molar-refractivity contribution in [1.82, 2.24) is 40.0 Å². The number of aryl methyl sites for hydroxylation is 1. The molecule has 3 aromatic heterocycles. The number of hydrogen-bond donors (Lipinski definition) is 2. The molecule has 1 aliphatic carbocycles. The van der Waals surface area contributed by atoms with Gasteiger partial charge in [-0.05, 0) is 31.2 Å². The van der Waals surface area contributed by atoms with Crippen LogP contribution in [0.1, 0.15) is 60.0 Å². The van der Waals surface area contributed by atoms with Gasteiger partial charge in [0.25, 0.3) is 11.7 Å². The minimum atomic E-state index is -4.42. The van der Waals surface area contributed by atoms with Gasteiger partial charge in [-0.2, -0.15) is 23.4 Å². The van der Waals surface area contributed by atoms with Gasteiger partial charge in [-0.1, -0.05) is 0 Å². The summed E-state index contributed by atoms with van der Waals surface area (Å²) in [5.74, 6) is -6.40. The topological polar surface area (TPSA) is 119 Å². The summed E-state index contributed by atoms with van der Waals surface area (Å²) < 4.78 is 70.1. The average molecular weight is 555 g/mol. The quantitative estimate of drug-likeness (QED) is 0.453. The second-order valence-corrected chi connectivity index (χ2v) is 10.3. The first-order chi connectivity index (χ1) is 18.4. The van der Waals surface area contributed by atoms with Gasteiger partial charge < -0.3 is 10.6 Å². The summed E-state index contributed by atoms with van der Waals surface area (Å²) in [6.45, 7) is -0.451. The molecule has 0 radical (unpaired) electrons. The van der Waals surface area contributed by atoms with Crippen molar-refractivity contribution >= 4 is 17.6 Å². The first-order valence-corrected chi connectivity index (χ1v) is 12.6. The Labute approximate surface area is 219 Å². The zero-order valence-electron chi connectivity index (χ0n) is 21.0. The highest BCUT2D eigenvalue weighted by molar-refractivity contribution is 5.92. The molecule has 0 spiro atoms. The first kappa shape index (κ1) is 26.9. The molecule has 15 heteroatoms. The number of carbonyl (C=O) groups excluding carboxylic acids is 2. The number of rotatable bonds is 6. The number of carbonyl (C=O) groups is 2. The van der Waals surface area contributed by atoms with E-state index < -0.39 is 48.3 Å². The smallest absolute Gasteiger partial charge is 0.355 e. The lowest BCUT2D eigenvalue weighted by molar-refractivity contribution is -0.183. The number of fused-ring (bicyclic) bond motifs is 1. The number of aromatic nitrogens is 6. The fourth-order valence-corrected chi connectivity index (χ4v) is 5.30. The Kier molecular flexibility index (Phi) is 7.01. The van der Waals surface area contributed by atoms with Gasteiger partial charge in [-0.15, -0.1) is 0 Å². The number of nitrogens with zero attached hydrogens (tertiary/aromatic N) is 6. The number of halogens is 5. The molecular weight excluding hydrogens is 527 g/mol. The van der Waals surface area contributed by atoms with Crippen molar-refractivity contribution in [2.45, 2.75) is 56.7 Å². The maximum Gasteiger partial charge on any atom is 0.393 e. The summed E-state index contributed by atoms with van der Waals surface area (Å²) in [6.07, 6.45) is -0.772. The lowest BCUT2D eigenvalue weighted by Gasteiger charge is -2.33. The van der Waals surface area contributed by atoms with Crippen LogP contribution in [0.4, 0.5) is 22.0 Å². The second-order valence-electron chi connectivity index (χ2n) is 10.3. The van der Waals surface area contributed by atoms with E-state index in [1.165, 1.54) is 33.9 Å². The van der Waals surface area contributed by atoms with Crippen LogP contribution in [0.2, 0.25) is 0 Å². The summed E-state index contributed by atoms with van der Waals surface area (Å²) in [4.78, 5) is 33.9. The summed E-state index contributed by atoms with van der Waals surface area (Å²) in [5.41, 5.74) is 0.944. The zero-order chi connectivity index (χ0) is 27.9. The highest BCUT2D eigenvalue weighted by Crippen LogP contribution is 2.41. The molecule has 3 aromatic rings. The van der Waals surface area contributed by atoms with Crippen LogP contribution in [0.15, 0.2) is 24.7 Å². The van der Waals surface area contributed by atoms with Gasteiger partial charge in [-0.3, -0.25) is 14.3 Å². The molecule has 2 amide bonds. The molecule has 2 fully saturated rings. The summed E-state index contributed by atoms with van der Waals surface area (Å²) in [7, 11) is 1.61. The maximum atomic E-state index is 13.9. The van der Waals surface area contributed by atoms with Crippen molar-refractivity contribution in [3.8, 4) is 0 Å². The second kappa shape index (κ2) is 10.2. The summed E-state index contributed by atoms with van der Waals surface area (Å²) in [6, 6.07) is 0.817. The Morgan fingerprint density at radius 3 is 2.69 bits per heavy atom. The van der Waals surface area contributed by atoms with E-state index >= 15 is 0 Å². The van der Waals surface area contributed by atoms with E-state index in [4.69, 9.17) is 0 Å². The number of hydrogen-bond acceptors (Lipinski definition) is 6. The van der Waals surface area contributed by atoms with E-state index in [9.17, 15) is 31.5 Å². The molecule has 210 valence electrons. The molecule has 2 aliphatic rings. The molecule has 4 heterocycles. The van der Waals surface area contributed by atoms with Crippen LogP contribution in [-0.4, -0.2) is 59.8 Å². The number of amides is 2. The van der Waals surface area contributed by atoms with Gasteiger partial charge in [0, 0.05) is 45.0 Å². The van der Waals surface area contributed by atoms with E-state index in [1.54, 1.807) is 7.05 Å². The molecule has 1 saturated carbocycles. The molecule has 1 aliphatic heterocycles. The fraction of sp³-hybridized carbons (Fsp3) is 0.583. The van der Waals surface area contributed by atoms with E-state index in [0.29, 0.717) is 11.4 Å². The monoisotopic (exact) mass is 554 g/mol. The van der Waals surface area contributed by atoms with Gasteiger partial charge >= 0.3 is 6.18 Å². The number of nitrogens with one attached hydrogen (secondary N) is 2. The standard InChI is InChI=1S/C24H27F5N8O2/c1-36-18(4-7-32-36)21(39)34-19(13-2-5-23(25,26)6-3-13)17-12-37-22(33-17)31-11-16(35-37)9-14-8-15(24(27,28)29)10-30-20(14)38/h4,7,11-15,19H,2-3,5-6,8-10H2,1H3,(H,30,38)(H,34,39). The zero-order valence-corrected chi connectivity index (χ0v) is 21.0. The molecule has 3 unspecified atom stereocenters. The van der Waals surface area contributed by atoms with E-state index in [2.05, 4.69) is 30.8 Å². The predicted octanol–water partition coefficient (Wildman–Crippen LogP) is 3.01. The first-order valence-electron chi connectivity index (χ1n) is 12.6. The summed E-state index contributed by atoms with van der Waals surface area (Å²) in [5, 5.41) is 13.6. The molecule has 5 rings (SSSR count).